The molecule has 1 rings (SSSR count). The van der Waals surface area contributed by atoms with Gasteiger partial charge in [0.15, 0.2) is 0 Å². The molecule has 0 radical (unpaired) electrons. The Morgan fingerprint density at radius 3 is 2.00 bits per heavy atom. The van der Waals surface area contributed by atoms with E-state index in [-0.39, 0.29) is 0 Å². The largest absolute Gasteiger partial charge is 0.399 e. The first kappa shape index (κ1) is 8.60. The van der Waals surface area contributed by atoms with Gasteiger partial charge in [0.25, 0.3) is 0 Å². The summed E-state index contributed by atoms with van der Waals surface area (Å²) >= 11 is 0. The molecule has 62 valence electrons. The van der Waals surface area contributed by atoms with Crippen LogP contribution in [-0.2, 0) is 0 Å². The van der Waals surface area contributed by atoms with Gasteiger partial charge in [-0.05, 0) is 18.6 Å². The molecular formula is C11H13N. The highest BCUT2D eigenvalue weighted by Crippen LogP contribution is 2.03. The Morgan fingerprint density at radius 2 is 1.33 bits per heavy atom. The van der Waals surface area contributed by atoms with Crippen LogP contribution in [0.1, 0.15) is 5.56 Å². The maximum atomic E-state index is 5.75. The van der Waals surface area contributed by atoms with Crippen LogP contribution in [0.3, 0.4) is 0 Å². The number of nitrogen functional groups attached to an aromatic ring is 1. The quantitative estimate of drug-likeness (QED) is 0.618. The van der Waals surface area contributed by atoms with E-state index in [2.05, 4.69) is 0 Å². The maximum Gasteiger partial charge on any atom is 0.0343 e. The molecule has 0 amide bonds. The molecule has 0 aliphatic carbocycles. The minimum Gasteiger partial charge on any atom is -0.399 e. The Bertz CT molecular complexity index is 272. The predicted molar refractivity (Wildman–Crippen MR) is 53.2 cm³/mol. The molecule has 0 saturated carbocycles. The molecule has 0 aromatic heterocycles. The van der Waals surface area contributed by atoms with Crippen molar-refractivity contribution in [3.05, 3.63) is 54.1 Å². The summed E-state index contributed by atoms with van der Waals surface area (Å²) in [4.78, 5) is 0. The molecule has 1 aromatic rings. The lowest BCUT2D eigenvalue weighted by Gasteiger charge is -1.91. The third-order valence-electron chi connectivity index (χ3n) is 1.63. The summed E-state index contributed by atoms with van der Waals surface area (Å²) in [7, 11) is 0. The topological polar surface area (TPSA) is 26.0 Å². The van der Waals surface area contributed by atoms with Gasteiger partial charge in [-0.2, -0.15) is 0 Å². The van der Waals surface area contributed by atoms with Crippen molar-refractivity contribution in [1.82, 2.24) is 0 Å². The number of rotatable bonds is 0. The summed E-state index contributed by atoms with van der Waals surface area (Å²) in [5.74, 6) is 0. The summed E-state index contributed by atoms with van der Waals surface area (Å²) in [5, 5.41) is 0. The molecule has 0 spiro atoms. The molecule has 1 aromatic carbocycles. The molecule has 0 aliphatic rings. The van der Waals surface area contributed by atoms with Gasteiger partial charge >= 0.3 is 0 Å². The first-order valence-electron chi connectivity index (χ1n) is 3.95. The van der Waals surface area contributed by atoms with Crippen molar-refractivity contribution >= 4 is 5.69 Å². The van der Waals surface area contributed by atoms with Gasteiger partial charge in [-0.3, -0.25) is 0 Å². The highest BCUT2D eigenvalue weighted by Gasteiger charge is 1.81. The second kappa shape index (κ2) is 4.39. The summed E-state index contributed by atoms with van der Waals surface area (Å²) in [6, 6.07) is 15.7. The monoisotopic (exact) mass is 159 g/mol. The lowest BCUT2D eigenvalue weighted by molar-refractivity contribution is 1.49. The average molecular weight is 159 g/mol. The third kappa shape index (κ3) is 2.62. The second-order valence-electron chi connectivity index (χ2n) is 2.63. The van der Waals surface area contributed by atoms with Crippen LogP contribution in [0.15, 0.2) is 48.5 Å². The van der Waals surface area contributed by atoms with Crippen LogP contribution < -0.4 is 5.73 Å². The lowest BCUT2D eigenvalue weighted by Crippen LogP contribution is -1.84. The van der Waals surface area contributed by atoms with E-state index in [9.17, 15) is 0 Å². The minimum absolute atomic E-state index is 0.811. The number of nitrogens with two attached hydrogens (primary N) is 1. The third-order valence-corrected chi connectivity index (χ3v) is 1.63. The normalized spacial score (nSPS) is 8.75. The molecule has 0 saturated heterocycles. The minimum atomic E-state index is 0.811. The molecule has 2 N–H and O–H groups in total. The fraction of sp³-hybridized carbons (Fsp3) is 0.0909. The standard InChI is InChI=1S/C11H13N/c1-10-8-6-4-2-3-5-7-9-11(10)12/h2-9H,12H2,1H3. The summed E-state index contributed by atoms with van der Waals surface area (Å²) in [5.41, 5.74) is 7.65. The van der Waals surface area contributed by atoms with Crippen LogP contribution in [0.5, 0.6) is 0 Å². The van der Waals surface area contributed by atoms with Gasteiger partial charge in [0, 0.05) is 5.69 Å². The van der Waals surface area contributed by atoms with Crippen molar-refractivity contribution in [3.63, 3.8) is 0 Å². The van der Waals surface area contributed by atoms with Crippen molar-refractivity contribution < 1.29 is 0 Å². The van der Waals surface area contributed by atoms with Crippen LogP contribution in [0.2, 0.25) is 0 Å². The maximum absolute atomic E-state index is 5.75. The SMILES string of the molecule is Cc1ccccccccc1N. The van der Waals surface area contributed by atoms with Crippen molar-refractivity contribution in [2.45, 2.75) is 6.92 Å². The van der Waals surface area contributed by atoms with Crippen LogP contribution in [0.25, 0.3) is 0 Å². The Morgan fingerprint density at radius 1 is 0.833 bits per heavy atom. The average Bonchev–Trinajstić information content (AvgIpc) is 2.08. The molecule has 12 heavy (non-hydrogen) atoms. The molecule has 0 fully saturated rings. The van der Waals surface area contributed by atoms with Gasteiger partial charge in [0.1, 0.15) is 0 Å². The fourth-order valence-corrected chi connectivity index (χ4v) is 0.843. The van der Waals surface area contributed by atoms with Gasteiger partial charge in [-0.1, -0.05) is 42.5 Å². The highest BCUT2D eigenvalue weighted by atomic mass is 14.5. The summed E-state index contributed by atoms with van der Waals surface area (Å²) in [6.07, 6.45) is 0. The fourth-order valence-electron chi connectivity index (χ4n) is 0.843. The summed E-state index contributed by atoms with van der Waals surface area (Å²) < 4.78 is 0. The van der Waals surface area contributed by atoms with Crippen molar-refractivity contribution in [2.24, 2.45) is 0 Å². The van der Waals surface area contributed by atoms with E-state index in [1.165, 1.54) is 0 Å². The lowest BCUT2D eigenvalue weighted by atomic mass is 10.2. The zero-order valence-electron chi connectivity index (χ0n) is 7.20. The molecule has 1 heteroatoms. The van der Waals surface area contributed by atoms with E-state index in [4.69, 9.17) is 5.73 Å². The number of anilines is 1. The van der Waals surface area contributed by atoms with Crippen LogP contribution >= 0.6 is 0 Å². The molecular weight excluding hydrogens is 146 g/mol. The van der Waals surface area contributed by atoms with Gasteiger partial charge in [0.2, 0.25) is 0 Å². The van der Waals surface area contributed by atoms with Crippen LogP contribution in [0, 0.1) is 6.92 Å². The van der Waals surface area contributed by atoms with Gasteiger partial charge < -0.3 is 5.73 Å². The molecule has 0 unspecified atom stereocenters. The number of aryl methyl sites for hydroxylation is 1. The van der Waals surface area contributed by atoms with E-state index >= 15 is 0 Å². The predicted octanol–water partition coefficient (Wildman–Crippen LogP) is 2.70. The van der Waals surface area contributed by atoms with E-state index < -0.39 is 0 Å². The van der Waals surface area contributed by atoms with Crippen LogP contribution in [-0.4, -0.2) is 0 Å². The van der Waals surface area contributed by atoms with Crippen molar-refractivity contribution in [1.29, 1.82) is 0 Å². The Labute approximate surface area is 73.2 Å². The van der Waals surface area contributed by atoms with E-state index in [1.807, 2.05) is 55.5 Å². The van der Waals surface area contributed by atoms with Gasteiger partial charge in [-0.15, -0.1) is 0 Å². The first-order valence-corrected chi connectivity index (χ1v) is 3.95. The second-order valence-corrected chi connectivity index (χ2v) is 2.63. The van der Waals surface area contributed by atoms with Gasteiger partial charge in [-0.25, -0.2) is 0 Å². The molecule has 0 bridgehead atoms. The van der Waals surface area contributed by atoms with Crippen molar-refractivity contribution in [3.8, 4) is 0 Å². The van der Waals surface area contributed by atoms with E-state index in [0.717, 1.165) is 11.3 Å². The molecule has 0 atom stereocenters. The summed E-state index contributed by atoms with van der Waals surface area (Å²) in [6.45, 7) is 2.00. The molecule has 0 aliphatic heterocycles. The highest BCUT2D eigenvalue weighted by molar-refractivity contribution is 5.43. The number of hydrogen-bond acceptors (Lipinski definition) is 1. The van der Waals surface area contributed by atoms with Crippen LogP contribution in [0.4, 0.5) is 5.69 Å². The number of hydrogen-bond donors (Lipinski definition) is 1. The smallest absolute Gasteiger partial charge is 0.0343 e. The van der Waals surface area contributed by atoms with Crippen molar-refractivity contribution in [2.75, 3.05) is 5.73 Å². The molecule has 0 heterocycles. The van der Waals surface area contributed by atoms with Gasteiger partial charge in [0.05, 0.1) is 0 Å². The Balaban J connectivity index is 3.25. The first-order chi connectivity index (χ1) is 5.80. The van der Waals surface area contributed by atoms with E-state index in [1.54, 1.807) is 0 Å². The molecule has 1 nitrogen and oxygen atoms in total. The Hall–Kier alpha value is -1.50. The Kier molecular flexibility index (Phi) is 3.15. The zero-order chi connectivity index (χ0) is 8.81. The van der Waals surface area contributed by atoms with E-state index in [0.29, 0.717) is 0 Å². The zero-order valence-corrected chi connectivity index (χ0v) is 7.20.